The zero-order valence-electron chi connectivity index (χ0n) is 12.9. The van der Waals surface area contributed by atoms with Gasteiger partial charge in [-0.3, -0.25) is 0 Å². The second-order valence-electron chi connectivity index (χ2n) is 5.14. The summed E-state index contributed by atoms with van der Waals surface area (Å²) in [5, 5.41) is -0.205. The Kier molecular flexibility index (Phi) is 5.78. The zero-order valence-corrected chi connectivity index (χ0v) is 13.7. The smallest absolute Gasteiger partial charge is 0.200 e. The Hall–Kier alpha value is -2.57. The van der Waals surface area contributed by atoms with E-state index in [9.17, 15) is 52.3 Å². The summed E-state index contributed by atoms with van der Waals surface area (Å²) in [6, 6.07) is 0. The van der Waals surface area contributed by atoms with Gasteiger partial charge in [0, 0.05) is 11.0 Å². The van der Waals surface area contributed by atoms with Crippen LogP contribution in [0.15, 0.2) is 5.41 Å². The molecule has 2 rings (SSSR count). The minimum absolute atomic E-state index is 0.113. The maximum atomic E-state index is 13.5. The van der Waals surface area contributed by atoms with Crippen LogP contribution in [0.25, 0.3) is 6.08 Å². The van der Waals surface area contributed by atoms with Crippen LogP contribution in [0.3, 0.4) is 0 Å². The summed E-state index contributed by atoms with van der Waals surface area (Å²) in [5.41, 5.74) is -3.48. The van der Waals surface area contributed by atoms with Gasteiger partial charge in [-0.1, -0.05) is 0 Å². The molecule has 0 saturated carbocycles. The fourth-order valence-corrected chi connectivity index (χ4v) is 3.06. The third-order valence-electron chi connectivity index (χ3n) is 3.33. The first kappa shape index (κ1) is 21.7. The van der Waals surface area contributed by atoms with Gasteiger partial charge in [-0.05, 0) is 6.08 Å². The van der Waals surface area contributed by atoms with Crippen LogP contribution in [0.5, 0.6) is 0 Å². The summed E-state index contributed by atoms with van der Waals surface area (Å²) in [5.74, 6) is -26.3. The maximum Gasteiger partial charge on any atom is 0.200 e. The van der Waals surface area contributed by atoms with Crippen LogP contribution in [0, 0.1) is 58.2 Å². The third kappa shape index (κ3) is 3.70. The molecule has 0 saturated heterocycles. The Bertz CT molecular complexity index is 1050. The van der Waals surface area contributed by atoms with Crippen molar-refractivity contribution in [3.63, 3.8) is 0 Å². The molecule has 0 N–H and O–H groups in total. The standard InChI is InChI=1S/C15H4F10O2S/c16-6-4(7(17)11(21)14(24)10(6)20)1-2-28(26,27)3-5-8(18)12(22)15(25)13(23)9(5)19/h1-2H,3H2. The molecule has 0 bridgehead atoms. The Morgan fingerprint density at radius 3 is 1.25 bits per heavy atom. The summed E-state index contributed by atoms with van der Waals surface area (Å²) in [6.45, 7) is 0. The fourth-order valence-electron chi connectivity index (χ4n) is 1.97. The molecule has 0 aliphatic heterocycles. The van der Waals surface area contributed by atoms with Crippen molar-refractivity contribution >= 4 is 15.9 Å². The number of hydrogen-bond donors (Lipinski definition) is 0. The Morgan fingerprint density at radius 1 is 0.536 bits per heavy atom. The first-order chi connectivity index (χ1) is 12.8. The van der Waals surface area contributed by atoms with Crippen molar-refractivity contribution in [2.24, 2.45) is 0 Å². The highest BCUT2D eigenvalue weighted by atomic mass is 32.2. The molecule has 2 aromatic rings. The summed E-state index contributed by atoms with van der Waals surface area (Å²) in [6.07, 6.45) is -0.113. The number of rotatable bonds is 4. The minimum Gasteiger partial charge on any atom is -0.224 e. The molecular weight excluding hydrogens is 434 g/mol. The molecule has 0 aromatic heterocycles. The molecule has 0 atom stereocenters. The molecule has 152 valence electrons. The second kappa shape index (κ2) is 7.45. The average molecular weight is 438 g/mol. The van der Waals surface area contributed by atoms with Crippen molar-refractivity contribution in [1.29, 1.82) is 0 Å². The lowest BCUT2D eigenvalue weighted by Crippen LogP contribution is -2.11. The van der Waals surface area contributed by atoms with Crippen molar-refractivity contribution in [3.8, 4) is 0 Å². The number of hydrogen-bond acceptors (Lipinski definition) is 2. The first-order valence-electron chi connectivity index (χ1n) is 6.72. The van der Waals surface area contributed by atoms with E-state index in [1.807, 2.05) is 0 Å². The Balaban J connectivity index is 2.50. The molecule has 28 heavy (non-hydrogen) atoms. The van der Waals surface area contributed by atoms with Gasteiger partial charge in [0.05, 0.1) is 11.3 Å². The van der Waals surface area contributed by atoms with Crippen LogP contribution in [-0.4, -0.2) is 8.42 Å². The van der Waals surface area contributed by atoms with Gasteiger partial charge < -0.3 is 0 Å². The van der Waals surface area contributed by atoms with Crippen LogP contribution in [0.2, 0.25) is 0 Å². The van der Waals surface area contributed by atoms with E-state index >= 15 is 0 Å². The number of benzene rings is 2. The van der Waals surface area contributed by atoms with Crippen LogP contribution < -0.4 is 0 Å². The van der Waals surface area contributed by atoms with E-state index in [2.05, 4.69) is 0 Å². The lowest BCUT2D eigenvalue weighted by Gasteiger charge is -2.08. The molecule has 2 nitrogen and oxygen atoms in total. The molecule has 0 aliphatic rings. The molecule has 0 radical (unpaired) electrons. The maximum absolute atomic E-state index is 13.5. The Labute approximate surface area is 149 Å². The summed E-state index contributed by atoms with van der Waals surface area (Å²) in [4.78, 5) is 0. The van der Waals surface area contributed by atoms with Gasteiger partial charge >= 0.3 is 0 Å². The largest absolute Gasteiger partial charge is 0.224 e. The molecule has 0 aliphatic carbocycles. The van der Waals surface area contributed by atoms with Crippen LogP contribution in [0.4, 0.5) is 43.9 Å². The lowest BCUT2D eigenvalue weighted by atomic mass is 10.1. The van der Waals surface area contributed by atoms with E-state index in [0.29, 0.717) is 0 Å². The highest BCUT2D eigenvalue weighted by Crippen LogP contribution is 2.27. The van der Waals surface area contributed by atoms with Crippen LogP contribution >= 0.6 is 0 Å². The molecule has 0 amide bonds. The van der Waals surface area contributed by atoms with Gasteiger partial charge in [-0.15, -0.1) is 0 Å². The van der Waals surface area contributed by atoms with E-state index in [1.54, 1.807) is 0 Å². The van der Waals surface area contributed by atoms with Crippen molar-refractivity contribution in [2.45, 2.75) is 5.75 Å². The van der Waals surface area contributed by atoms with Gasteiger partial charge in [-0.2, -0.15) is 0 Å². The molecule has 0 unspecified atom stereocenters. The number of halogens is 10. The summed E-state index contributed by atoms with van der Waals surface area (Å²) in [7, 11) is -4.98. The molecule has 2 aromatic carbocycles. The average Bonchev–Trinajstić information content (AvgIpc) is 2.65. The van der Waals surface area contributed by atoms with Crippen molar-refractivity contribution < 1.29 is 52.3 Å². The monoisotopic (exact) mass is 438 g/mol. The first-order valence-corrected chi connectivity index (χ1v) is 8.44. The van der Waals surface area contributed by atoms with Gasteiger partial charge in [0.2, 0.25) is 11.6 Å². The minimum atomic E-state index is -4.98. The summed E-state index contributed by atoms with van der Waals surface area (Å²) >= 11 is 0. The van der Waals surface area contributed by atoms with Gasteiger partial charge in [0.15, 0.2) is 56.4 Å². The zero-order chi connectivity index (χ0) is 21.5. The van der Waals surface area contributed by atoms with Crippen molar-refractivity contribution in [1.82, 2.24) is 0 Å². The van der Waals surface area contributed by atoms with Gasteiger partial charge in [-0.25, -0.2) is 52.3 Å². The molecule has 13 heteroatoms. The Morgan fingerprint density at radius 2 is 0.857 bits per heavy atom. The van der Waals surface area contributed by atoms with E-state index in [1.165, 1.54) is 0 Å². The highest BCUT2D eigenvalue weighted by molar-refractivity contribution is 7.93. The van der Waals surface area contributed by atoms with Crippen LogP contribution in [-0.2, 0) is 15.6 Å². The molecular formula is C15H4F10O2S. The fraction of sp³-hybridized carbons (Fsp3) is 0.0667. The summed E-state index contributed by atoms with van der Waals surface area (Å²) < 4.78 is 156. The lowest BCUT2D eigenvalue weighted by molar-refractivity contribution is 0.372. The van der Waals surface area contributed by atoms with Crippen molar-refractivity contribution in [2.75, 3.05) is 0 Å². The number of sulfone groups is 1. The molecule has 0 fully saturated rings. The highest BCUT2D eigenvalue weighted by Gasteiger charge is 2.29. The van der Waals surface area contributed by atoms with E-state index < -0.39 is 84.9 Å². The molecule has 0 heterocycles. The third-order valence-corrected chi connectivity index (χ3v) is 4.57. The second-order valence-corrected chi connectivity index (χ2v) is 7.03. The van der Waals surface area contributed by atoms with Gasteiger partial charge in [0.1, 0.15) is 0 Å². The topological polar surface area (TPSA) is 34.1 Å². The SMILES string of the molecule is O=S(=O)(C=Cc1c(F)c(F)c(F)c(F)c1F)Cc1c(F)c(F)c(F)c(F)c1F. The predicted octanol–water partition coefficient (Wildman–Crippen LogP) is 4.66. The quantitative estimate of drug-likeness (QED) is 0.395. The molecule has 0 spiro atoms. The van der Waals surface area contributed by atoms with E-state index in [-0.39, 0.29) is 11.5 Å². The van der Waals surface area contributed by atoms with Crippen molar-refractivity contribution in [3.05, 3.63) is 74.7 Å². The van der Waals surface area contributed by atoms with Crippen LogP contribution in [0.1, 0.15) is 11.1 Å². The normalized spacial score (nSPS) is 12.2. The van der Waals surface area contributed by atoms with E-state index in [0.717, 1.165) is 0 Å². The van der Waals surface area contributed by atoms with E-state index in [4.69, 9.17) is 0 Å². The predicted molar refractivity (Wildman–Crippen MR) is 74.1 cm³/mol. The van der Waals surface area contributed by atoms with Gasteiger partial charge in [0.25, 0.3) is 0 Å².